The molecule has 0 saturated carbocycles. The zero-order valence-corrected chi connectivity index (χ0v) is 10.9. The number of aromatic nitrogens is 1. The Kier molecular flexibility index (Phi) is 3.43. The summed E-state index contributed by atoms with van der Waals surface area (Å²) < 4.78 is 24.1. The lowest BCUT2D eigenvalue weighted by Gasteiger charge is -2.02. The Morgan fingerprint density at radius 3 is 2.72 bits per heavy atom. The SMILES string of the molecule is Cn1cc(CCO)c2cc(CS(N)(=O)=O)ccc21. The van der Waals surface area contributed by atoms with Crippen LogP contribution in [0.25, 0.3) is 10.9 Å². The second-order valence-electron chi connectivity index (χ2n) is 4.40. The summed E-state index contributed by atoms with van der Waals surface area (Å²) in [6.07, 6.45) is 2.50. The van der Waals surface area contributed by atoms with Crippen molar-refractivity contribution in [2.45, 2.75) is 12.2 Å². The lowest BCUT2D eigenvalue weighted by molar-refractivity contribution is 0.300. The molecule has 0 saturated heterocycles. The summed E-state index contributed by atoms with van der Waals surface area (Å²) in [6.45, 7) is 0.0680. The highest BCUT2D eigenvalue weighted by Crippen LogP contribution is 2.23. The zero-order valence-electron chi connectivity index (χ0n) is 10.1. The number of aryl methyl sites for hydroxylation is 1. The Labute approximate surface area is 106 Å². The van der Waals surface area contributed by atoms with Gasteiger partial charge in [-0.05, 0) is 29.7 Å². The van der Waals surface area contributed by atoms with E-state index in [1.807, 2.05) is 29.9 Å². The Morgan fingerprint density at radius 1 is 1.39 bits per heavy atom. The monoisotopic (exact) mass is 268 g/mol. The van der Waals surface area contributed by atoms with E-state index in [4.69, 9.17) is 10.2 Å². The molecule has 0 aliphatic rings. The van der Waals surface area contributed by atoms with Gasteiger partial charge in [0, 0.05) is 30.8 Å². The van der Waals surface area contributed by atoms with Gasteiger partial charge in [-0.2, -0.15) is 0 Å². The van der Waals surface area contributed by atoms with Crippen LogP contribution in [0.5, 0.6) is 0 Å². The third-order valence-electron chi connectivity index (χ3n) is 2.89. The molecule has 98 valence electrons. The maximum absolute atomic E-state index is 11.1. The predicted molar refractivity (Wildman–Crippen MR) is 70.5 cm³/mol. The summed E-state index contributed by atoms with van der Waals surface area (Å²) in [6, 6.07) is 5.46. The maximum atomic E-state index is 11.1. The van der Waals surface area contributed by atoms with E-state index in [-0.39, 0.29) is 12.4 Å². The Bertz CT molecular complexity index is 674. The van der Waals surface area contributed by atoms with Gasteiger partial charge in [0.25, 0.3) is 0 Å². The fourth-order valence-electron chi connectivity index (χ4n) is 2.16. The summed E-state index contributed by atoms with van der Waals surface area (Å²) in [5.41, 5.74) is 2.68. The molecule has 1 aromatic carbocycles. The molecular formula is C12H16N2O3S. The maximum Gasteiger partial charge on any atom is 0.213 e. The molecule has 2 aromatic rings. The molecule has 6 heteroatoms. The number of hydrogen-bond acceptors (Lipinski definition) is 3. The van der Waals surface area contributed by atoms with Crippen molar-refractivity contribution in [2.75, 3.05) is 6.61 Å². The predicted octanol–water partition coefficient (Wildman–Crippen LogP) is 0.502. The number of fused-ring (bicyclic) bond motifs is 1. The van der Waals surface area contributed by atoms with Gasteiger partial charge in [-0.3, -0.25) is 0 Å². The molecule has 1 heterocycles. The number of nitrogens with zero attached hydrogens (tertiary/aromatic N) is 1. The van der Waals surface area contributed by atoms with Crippen LogP contribution in [0.1, 0.15) is 11.1 Å². The van der Waals surface area contributed by atoms with Crippen LogP contribution in [0.4, 0.5) is 0 Å². The summed E-state index contributed by atoms with van der Waals surface area (Å²) in [7, 11) is -1.60. The lowest BCUT2D eigenvalue weighted by atomic mass is 10.1. The van der Waals surface area contributed by atoms with E-state index in [0.717, 1.165) is 16.5 Å². The fraction of sp³-hybridized carbons (Fsp3) is 0.333. The number of hydrogen-bond donors (Lipinski definition) is 2. The van der Waals surface area contributed by atoms with Crippen molar-refractivity contribution in [1.82, 2.24) is 4.57 Å². The van der Waals surface area contributed by atoms with Gasteiger partial charge in [0.1, 0.15) is 0 Å². The molecule has 0 aliphatic carbocycles. The van der Waals surface area contributed by atoms with Crippen molar-refractivity contribution < 1.29 is 13.5 Å². The Morgan fingerprint density at radius 2 is 2.11 bits per heavy atom. The first-order chi connectivity index (χ1) is 8.40. The summed E-state index contributed by atoms with van der Waals surface area (Å²) in [5, 5.41) is 15.0. The van der Waals surface area contributed by atoms with Gasteiger partial charge in [-0.1, -0.05) is 6.07 Å². The molecule has 0 amide bonds. The fourth-order valence-corrected chi connectivity index (χ4v) is 2.81. The summed E-state index contributed by atoms with van der Waals surface area (Å²) in [4.78, 5) is 0. The van der Waals surface area contributed by atoms with Crippen molar-refractivity contribution in [3.05, 3.63) is 35.5 Å². The first-order valence-electron chi connectivity index (χ1n) is 5.59. The van der Waals surface area contributed by atoms with Gasteiger partial charge >= 0.3 is 0 Å². The molecule has 1 aromatic heterocycles. The van der Waals surface area contributed by atoms with Crippen LogP contribution in [-0.4, -0.2) is 24.7 Å². The molecule has 3 N–H and O–H groups in total. The molecule has 0 radical (unpaired) electrons. The number of primary sulfonamides is 1. The minimum atomic E-state index is -3.52. The van der Waals surface area contributed by atoms with E-state index in [9.17, 15) is 8.42 Å². The average Bonchev–Trinajstić information content (AvgIpc) is 2.54. The summed E-state index contributed by atoms with van der Waals surface area (Å²) >= 11 is 0. The van der Waals surface area contributed by atoms with E-state index in [2.05, 4.69) is 0 Å². The van der Waals surface area contributed by atoms with E-state index < -0.39 is 10.0 Å². The van der Waals surface area contributed by atoms with Crippen molar-refractivity contribution in [1.29, 1.82) is 0 Å². The first kappa shape index (κ1) is 13.1. The number of benzene rings is 1. The average molecular weight is 268 g/mol. The van der Waals surface area contributed by atoms with Crippen LogP contribution in [-0.2, 0) is 29.2 Å². The van der Waals surface area contributed by atoms with E-state index in [1.54, 1.807) is 6.07 Å². The Balaban J connectivity index is 2.52. The van der Waals surface area contributed by atoms with Gasteiger partial charge < -0.3 is 9.67 Å². The molecule has 0 bridgehead atoms. The van der Waals surface area contributed by atoms with Gasteiger partial charge in [0.2, 0.25) is 10.0 Å². The van der Waals surface area contributed by atoms with Crippen LogP contribution in [0.3, 0.4) is 0 Å². The molecule has 18 heavy (non-hydrogen) atoms. The highest BCUT2D eigenvalue weighted by Gasteiger charge is 2.10. The van der Waals surface area contributed by atoms with Crippen molar-refractivity contribution in [3.63, 3.8) is 0 Å². The topological polar surface area (TPSA) is 85.3 Å². The first-order valence-corrected chi connectivity index (χ1v) is 7.30. The molecular weight excluding hydrogens is 252 g/mol. The van der Waals surface area contributed by atoms with Crippen LogP contribution < -0.4 is 5.14 Å². The van der Waals surface area contributed by atoms with Crippen LogP contribution >= 0.6 is 0 Å². The third kappa shape index (κ3) is 2.72. The molecule has 0 atom stereocenters. The van der Waals surface area contributed by atoms with E-state index in [1.165, 1.54) is 0 Å². The highest BCUT2D eigenvalue weighted by atomic mass is 32.2. The number of rotatable bonds is 4. The molecule has 0 unspecified atom stereocenters. The molecule has 0 spiro atoms. The van der Waals surface area contributed by atoms with E-state index in [0.29, 0.717) is 12.0 Å². The van der Waals surface area contributed by atoms with Gasteiger partial charge in [0.05, 0.1) is 5.75 Å². The minimum absolute atomic E-state index is 0.0680. The third-order valence-corrected chi connectivity index (χ3v) is 3.62. The highest BCUT2D eigenvalue weighted by molar-refractivity contribution is 7.88. The van der Waals surface area contributed by atoms with Gasteiger partial charge in [-0.25, -0.2) is 13.6 Å². The number of sulfonamides is 1. The van der Waals surface area contributed by atoms with Gasteiger partial charge in [-0.15, -0.1) is 0 Å². The number of aliphatic hydroxyl groups excluding tert-OH is 1. The zero-order chi connectivity index (χ0) is 13.3. The van der Waals surface area contributed by atoms with Crippen molar-refractivity contribution >= 4 is 20.9 Å². The normalized spacial score (nSPS) is 12.2. The summed E-state index contributed by atoms with van der Waals surface area (Å²) in [5.74, 6) is -0.170. The van der Waals surface area contributed by atoms with Crippen LogP contribution in [0.2, 0.25) is 0 Å². The number of aliphatic hydroxyl groups is 1. The lowest BCUT2D eigenvalue weighted by Crippen LogP contribution is -2.14. The quantitative estimate of drug-likeness (QED) is 0.846. The molecule has 0 fully saturated rings. The number of nitrogens with two attached hydrogens (primary N) is 1. The van der Waals surface area contributed by atoms with Crippen LogP contribution in [0.15, 0.2) is 24.4 Å². The van der Waals surface area contributed by atoms with Crippen LogP contribution in [0, 0.1) is 0 Å². The molecule has 2 rings (SSSR count). The van der Waals surface area contributed by atoms with Crippen molar-refractivity contribution in [3.8, 4) is 0 Å². The van der Waals surface area contributed by atoms with E-state index >= 15 is 0 Å². The van der Waals surface area contributed by atoms with Crippen molar-refractivity contribution in [2.24, 2.45) is 12.2 Å². The smallest absolute Gasteiger partial charge is 0.213 e. The standard InChI is InChI=1S/C12H16N2O3S/c1-14-7-10(4-5-15)11-6-9(2-3-12(11)14)8-18(13,16)17/h2-3,6-7,15H,4-5,8H2,1H3,(H2,13,16,17). The molecule has 0 aliphatic heterocycles. The largest absolute Gasteiger partial charge is 0.396 e. The molecule has 5 nitrogen and oxygen atoms in total. The minimum Gasteiger partial charge on any atom is -0.396 e. The second kappa shape index (κ2) is 4.72. The van der Waals surface area contributed by atoms with Gasteiger partial charge in [0.15, 0.2) is 0 Å². The Hall–Kier alpha value is -1.37. The second-order valence-corrected chi connectivity index (χ2v) is 6.01.